The fourth-order valence-corrected chi connectivity index (χ4v) is 4.94. The molecular weight excluding hydrogens is 548 g/mol. The molecule has 0 saturated heterocycles. The predicted molar refractivity (Wildman–Crippen MR) is 140 cm³/mol. The van der Waals surface area contributed by atoms with Crippen LogP contribution in [0, 0.1) is 10.1 Å². The molecule has 1 amide bonds. The summed E-state index contributed by atoms with van der Waals surface area (Å²) in [5.74, 6) is -0.100. The van der Waals surface area contributed by atoms with E-state index in [0.717, 1.165) is 27.8 Å². The third kappa shape index (κ3) is 5.96. The van der Waals surface area contributed by atoms with Crippen molar-refractivity contribution in [3.8, 4) is 11.5 Å². The Labute approximate surface area is 216 Å². The average Bonchev–Trinajstić information content (AvgIpc) is 3.23. The van der Waals surface area contributed by atoms with Gasteiger partial charge < -0.3 is 14.4 Å². The number of nitro groups is 1. The molecule has 3 aromatic rings. The number of fused-ring (bicyclic) bond motifs is 1. The summed E-state index contributed by atoms with van der Waals surface area (Å²) in [7, 11) is 2.81. The minimum absolute atomic E-state index is 0. The van der Waals surface area contributed by atoms with Crippen LogP contribution in [0.2, 0.25) is 0 Å². The van der Waals surface area contributed by atoms with Crippen molar-refractivity contribution in [1.29, 1.82) is 0 Å². The van der Waals surface area contributed by atoms with Gasteiger partial charge in [-0.25, -0.2) is 4.98 Å². The number of ether oxygens (including phenoxy) is 2. The molecule has 1 heterocycles. The van der Waals surface area contributed by atoms with Gasteiger partial charge in [-0.2, -0.15) is 0 Å². The molecule has 184 valence electrons. The predicted octanol–water partition coefficient (Wildman–Crippen LogP) is 5.39. The first-order chi connectivity index (χ1) is 15.8. The Hall–Kier alpha value is -2.47. The smallest absolute Gasteiger partial charge is 0.286 e. The number of anilines is 1. The number of carbonyl (C=O) groups is 1. The highest BCUT2D eigenvalue weighted by Gasteiger charge is 2.30. The molecule has 0 atom stereocenters. The van der Waals surface area contributed by atoms with Crippen LogP contribution in [0.15, 0.2) is 34.8 Å². The molecule has 1 aromatic heterocycles. The zero-order valence-corrected chi connectivity index (χ0v) is 22.5. The lowest BCUT2D eigenvalue weighted by atomic mass is 10.1. The fraction of sp³-hybridized carbons (Fsp3) is 0.364. The molecule has 0 saturated carbocycles. The molecule has 0 aliphatic rings. The number of halogens is 2. The summed E-state index contributed by atoms with van der Waals surface area (Å²) in [5, 5.41) is 12.3. The second-order valence-corrected chi connectivity index (χ2v) is 9.00. The van der Waals surface area contributed by atoms with E-state index in [2.05, 4.69) is 25.8 Å². The molecule has 0 aliphatic carbocycles. The van der Waals surface area contributed by atoms with E-state index >= 15 is 0 Å². The molecule has 0 fully saturated rings. The maximum atomic E-state index is 13.7. The molecule has 0 radical (unpaired) electrons. The van der Waals surface area contributed by atoms with Crippen LogP contribution in [0.4, 0.5) is 10.8 Å². The number of carbonyl (C=O) groups excluding carboxylic acids is 1. The standard InChI is InChI=1S/C22H25BrN4O5S.ClH/c1-5-25(6-2)9-10-26(22-24-16-8-7-14(23)11-20(16)33-22)21(28)15-12-18(31-3)19(32-4)13-17(15)27(29)30;/h7-8,11-13H,5-6,9-10H2,1-4H3;1H. The van der Waals surface area contributed by atoms with Crippen LogP contribution in [-0.4, -0.2) is 61.1 Å². The highest BCUT2D eigenvalue weighted by Crippen LogP contribution is 2.37. The first kappa shape index (κ1) is 27.8. The number of methoxy groups -OCH3 is 2. The van der Waals surface area contributed by atoms with E-state index in [1.54, 1.807) is 0 Å². The van der Waals surface area contributed by atoms with Crippen LogP contribution in [-0.2, 0) is 0 Å². The third-order valence-electron chi connectivity index (χ3n) is 5.28. The van der Waals surface area contributed by atoms with Crippen LogP contribution < -0.4 is 14.4 Å². The normalized spacial score (nSPS) is 10.8. The average molecular weight is 574 g/mol. The Morgan fingerprint density at radius 3 is 2.35 bits per heavy atom. The third-order valence-corrected chi connectivity index (χ3v) is 6.81. The Morgan fingerprint density at radius 1 is 1.12 bits per heavy atom. The Balaban J connectivity index is 0.00000408. The van der Waals surface area contributed by atoms with Crippen molar-refractivity contribution in [3.63, 3.8) is 0 Å². The molecule has 9 nitrogen and oxygen atoms in total. The zero-order chi connectivity index (χ0) is 24.1. The molecule has 0 N–H and O–H groups in total. The topological polar surface area (TPSA) is 98.0 Å². The summed E-state index contributed by atoms with van der Waals surface area (Å²) in [4.78, 5) is 33.3. The molecule has 0 spiro atoms. The van der Waals surface area contributed by atoms with E-state index in [-0.39, 0.29) is 35.2 Å². The van der Waals surface area contributed by atoms with Gasteiger partial charge in [0.25, 0.3) is 11.6 Å². The molecule has 34 heavy (non-hydrogen) atoms. The van der Waals surface area contributed by atoms with Gasteiger partial charge in [0, 0.05) is 23.6 Å². The monoisotopic (exact) mass is 572 g/mol. The van der Waals surface area contributed by atoms with Crippen molar-refractivity contribution in [3.05, 3.63) is 50.5 Å². The van der Waals surface area contributed by atoms with Crippen molar-refractivity contribution in [1.82, 2.24) is 9.88 Å². The van der Waals surface area contributed by atoms with E-state index < -0.39 is 10.8 Å². The van der Waals surface area contributed by atoms with Gasteiger partial charge in [0.15, 0.2) is 16.6 Å². The van der Waals surface area contributed by atoms with Crippen LogP contribution in [0.5, 0.6) is 11.5 Å². The van der Waals surface area contributed by atoms with Gasteiger partial charge in [0.05, 0.1) is 35.4 Å². The molecule has 0 bridgehead atoms. The molecule has 12 heteroatoms. The van der Waals surface area contributed by atoms with Gasteiger partial charge in [-0.1, -0.05) is 41.1 Å². The summed E-state index contributed by atoms with van der Waals surface area (Å²) < 4.78 is 12.3. The number of likely N-dealkylation sites (N-methyl/N-ethyl adjacent to an activating group) is 1. The lowest BCUT2D eigenvalue weighted by molar-refractivity contribution is -0.385. The van der Waals surface area contributed by atoms with Gasteiger partial charge in [0.2, 0.25) is 0 Å². The van der Waals surface area contributed by atoms with E-state index in [9.17, 15) is 14.9 Å². The molecule has 0 unspecified atom stereocenters. The Bertz CT molecular complexity index is 1170. The maximum absolute atomic E-state index is 13.7. The van der Waals surface area contributed by atoms with Crippen molar-refractivity contribution in [2.24, 2.45) is 0 Å². The number of thiazole rings is 1. The minimum atomic E-state index is -0.590. The first-order valence-electron chi connectivity index (χ1n) is 10.3. The van der Waals surface area contributed by atoms with E-state index in [1.165, 1.54) is 42.6 Å². The number of hydrogen-bond acceptors (Lipinski definition) is 8. The van der Waals surface area contributed by atoms with Gasteiger partial charge >= 0.3 is 0 Å². The number of rotatable bonds is 10. The van der Waals surface area contributed by atoms with Crippen molar-refractivity contribution >= 4 is 66.6 Å². The fourth-order valence-electron chi connectivity index (χ4n) is 3.40. The summed E-state index contributed by atoms with van der Waals surface area (Å²) in [5.41, 5.74) is 0.313. The summed E-state index contributed by atoms with van der Waals surface area (Å²) in [6, 6.07) is 8.25. The van der Waals surface area contributed by atoms with E-state index in [4.69, 9.17) is 9.47 Å². The zero-order valence-electron chi connectivity index (χ0n) is 19.2. The number of aromatic nitrogens is 1. The summed E-state index contributed by atoms with van der Waals surface area (Å²) in [6.07, 6.45) is 0. The van der Waals surface area contributed by atoms with Crippen LogP contribution in [0.1, 0.15) is 24.2 Å². The highest BCUT2D eigenvalue weighted by molar-refractivity contribution is 9.10. The second kappa shape index (κ2) is 12.3. The first-order valence-corrected chi connectivity index (χ1v) is 11.9. The molecule has 3 rings (SSSR count). The van der Waals surface area contributed by atoms with E-state index in [0.29, 0.717) is 18.2 Å². The lowest BCUT2D eigenvalue weighted by Gasteiger charge is -2.25. The SMILES string of the molecule is CCN(CC)CCN(C(=O)c1cc(OC)c(OC)cc1[N+](=O)[O-])c1nc2ccc(Br)cc2s1.Cl. The van der Waals surface area contributed by atoms with Crippen molar-refractivity contribution in [2.75, 3.05) is 45.3 Å². The minimum Gasteiger partial charge on any atom is -0.493 e. The number of benzene rings is 2. The van der Waals surface area contributed by atoms with Crippen molar-refractivity contribution < 1.29 is 19.2 Å². The van der Waals surface area contributed by atoms with Crippen LogP contribution >= 0.6 is 39.7 Å². The maximum Gasteiger partial charge on any atom is 0.286 e. The lowest BCUT2D eigenvalue weighted by Crippen LogP contribution is -2.39. The number of amides is 1. The van der Waals surface area contributed by atoms with Crippen molar-refractivity contribution in [2.45, 2.75) is 13.8 Å². The quantitative estimate of drug-likeness (QED) is 0.237. The van der Waals surface area contributed by atoms with Gasteiger partial charge in [-0.05, 0) is 31.3 Å². The van der Waals surface area contributed by atoms with Gasteiger partial charge in [0.1, 0.15) is 5.56 Å². The number of nitrogens with zero attached hydrogens (tertiary/aromatic N) is 4. The summed E-state index contributed by atoms with van der Waals surface area (Å²) >= 11 is 4.82. The highest BCUT2D eigenvalue weighted by atomic mass is 79.9. The molecule has 0 aliphatic heterocycles. The number of hydrogen-bond donors (Lipinski definition) is 0. The Kier molecular flexibility index (Phi) is 10.0. The second-order valence-electron chi connectivity index (χ2n) is 7.07. The molecular formula is C22H26BrClN4O5S. The number of nitro benzene ring substituents is 1. The van der Waals surface area contributed by atoms with Gasteiger partial charge in [-0.15, -0.1) is 12.4 Å². The Morgan fingerprint density at radius 2 is 1.76 bits per heavy atom. The van der Waals surface area contributed by atoms with Gasteiger partial charge in [-0.3, -0.25) is 19.8 Å². The summed E-state index contributed by atoms with van der Waals surface area (Å²) in [6.45, 7) is 6.66. The molecule has 2 aromatic carbocycles. The largest absolute Gasteiger partial charge is 0.493 e. The van der Waals surface area contributed by atoms with E-state index in [1.807, 2.05) is 32.0 Å². The van der Waals surface area contributed by atoms with Crippen LogP contribution in [0.3, 0.4) is 0 Å². The van der Waals surface area contributed by atoms with Crippen LogP contribution in [0.25, 0.3) is 10.2 Å².